The van der Waals surface area contributed by atoms with E-state index in [0.29, 0.717) is 5.02 Å². The van der Waals surface area contributed by atoms with E-state index >= 15 is 0 Å². The van der Waals surface area contributed by atoms with Crippen LogP contribution < -0.4 is 5.32 Å². The highest BCUT2D eigenvalue weighted by molar-refractivity contribution is 6.30. The van der Waals surface area contributed by atoms with Crippen LogP contribution in [-0.2, 0) is 0 Å². The molecule has 1 atom stereocenters. The summed E-state index contributed by atoms with van der Waals surface area (Å²) >= 11 is 5.88. The molecular formula is C14H12ClNO4. The van der Waals surface area contributed by atoms with E-state index in [1.807, 2.05) is 6.07 Å². The molecule has 1 unspecified atom stereocenters. The van der Waals surface area contributed by atoms with Gasteiger partial charge in [0.2, 0.25) is 5.76 Å². The molecule has 0 aliphatic heterocycles. The monoisotopic (exact) mass is 293 g/mol. The van der Waals surface area contributed by atoms with Crippen LogP contribution in [0.15, 0.2) is 40.8 Å². The van der Waals surface area contributed by atoms with Crippen molar-refractivity contribution in [2.45, 2.75) is 13.0 Å². The van der Waals surface area contributed by atoms with Gasteiger partial charge >= 0.3 is 5.97 Å². The Labute approximate surface area is 120 Å². The van der Waals surface area contributed by atoms with E-state index in [0.717, 1.165) is 5.56 Å². The van der Waals surface area contributed by atoms with Gasteiger partial charge in [-0.3, -0.25) is 4.79 Å². The Morgan fingerprint density at radius 2 is 1.95 bits per heavy atom. The first-order valence-electron chi connectivity index (χ1n) is 5.87. The summed E-state index contributed by atoms with van der Waals surface area (Å²) in [7, 11) is 0. The molecule has 1 heterocycles. The largest absolute Gasteiger partial charge is 0.475 e. The first-order chi connectivity index (χ1) is 9.47. The molecule has 0 spiro atoms. The lowest BCUT2D eigenvalue weighted by Crippen LogP contribution is -2.26. The van der Waals surface area contributed by atoms with Crippen molar-refractivity contribution in [3.63, 3.8) is 0 Å². The maximum atomic E-state index is 11.9. The van der Waals surface area contributed by atoms with Crippen LogP contribution in [0.4, 0.5) is 0 Å². The average molecular weight is 294 g/mol. The van der Waals surface area contributed by atoms with Gasteiger partial charge in [0, 0.05) is 5.02 Å². The molecule has 2 rings (SSSR count). The van der Waals surface area contributed by atoms with Crippen molar-refractivity contribution in [1.29, 1.82) is 0 Å². The summed E-state index contributed by atoms with van der Waals surface area (Å²) in [5.41, 5.74) is 0.843. The molecule has 1 aromatic heterocycles. The minimum absolute atomic E-state index is 0.0451. The second-order valence-corrected chi connectivity index (χ2v) is 4.66. The van der Waals surface area contributed by atoms with Crippen molar-refractivity contribution in [1.82, 2.24) is 5.32 Å². The molecule has 0 fully saturated rings. The minimum atomic E-state index is -1.22. The van der Waals surface area contributed by atoms with E-state index in [1.54, 1.807) is 25.1 Å². The predicted molar refractivity (Wildman–Crippen MR) is 73.0 cm³/mol. The molecule has 20 heavy (non-hydrogen) atoms. The number of nitrogens with one attached hydrogen (secondary N) is 1. The zero-order valence-corrected chi connectivity index (χ0v) is 11.3. The van der Waals surface area contributed by atoms with Crippen molar-refractivity contribution in [2.24, 2.45) is 0 Å². The van der Waals surface area contributed by atoms with E-state index in [4.69, 9.17) is 21.1 Å². The Balaban J connectivity index is 2.08. The van der Waals surface area contributed by atoms with Crippen molar-refractivity contribution >= 4 is 23.5 Å². The third-order valence-electron chi connectivity index (χ3n) is 2.74. The summed E-state index contributed by atoms with van der Waals surface area (Å²) in [4.78, 5) is 22.6. The van der Waals surface area contributed by atoms with Crippen LogP contribution in [0.5, 0.6) is 0 Å². The lowest BCUT2D eigenvalue weighted by Gasteiger charge is -2.13. The van der Waals surface area contributed by atoms with Gasteiger partial charge in [-0.1, -0.05) is 23.7 Å². The number of aromatic carboxylic acids is 1. The Morgan fingerprint density at radius 3 is 2.55 bits per heavy atom. The molecule has 5 nitrogen and oxygen atoms in total. The van der Waals surface area contributed by atoms with Crippen LogP contribution in [0.1, 0.15) is 39.6 Å². The summed E-state index contributed by atoms with van der Waals surface area (Å²) in [5.74, 6) is -2.02. The van der Waals surface area contributed by atoms with Crippen molar-refractivity contribution < 1.29 is 19.1 Å². The van der Waals surface area contributed by atoms with Gasteiger partial charge in [0.1, 0.15) is 0 Å². The number of amides is 1. The number of rotatable bonds is 4. The van der Waals surface area contributed by atoms with Crippen molar-refractivity contribution in [3.05, 3.63) is 58.5 Å². The molecule has 104 valence electrons. The van der Waals surface area contributed by atoms with Gasteiger partial charge in [-0.15, -0.1) is 0 Å². The highest BCUT2D eigenvalue weighted by Gasteiger charge is 2.17. The van der Waals surface area contributed by atoms with Crippen LogP contribution in [0.25, 0.3) is 0 Å². The van der Waals surface area contributed by atoms with Gasteiger partial charge < -0.3 is 14.8 Å². The predicted octanol–water partition coefficient (Wildman–Crippen LogP) is 3.12. The highest BCUT2D eigenvalue weighted by Crippen LogP contribution is 2.18. The maximum Gasteiger partial charge on any atom is 0.371 e. The minimum Gasteiger partial charge on any atom is -0.475 e. The Morgan fingerprint density at radius 1 is 1.25 bits per heavy atom. The summed E-state index contributed by atoms with van der Waals surface area (Å²) in [6.45, 7) is 1.80. The molecule has 1 amide bonds. The van der Waals surface area contributed by atoms with Crippen LogP contribution in [-0.4, -0.2) is 17.0 Å². The molecule has 0 saturated carbocycles. The summed E-state index contributed by atoms with van der Waals surface area (Å²) in [6, 6.07) is 9.39. The fourth-order valence-electron chi connectivity index (χ4n) is 1.70. The number of carbonyl (C=O) groups excluding carboxylic acids is 1. The second kappa shape index (κ2) is 5.79. The second-order valence-electron chi connectivity index (χ2n) is 4.22. The molecule has 0 aliphatic rings. The van der Waals surface area contributed by atoms with E-state index in [1.165, 1.54) is 12.1 Å². The molecule has 2 N–H and O–H groups in total. The summed E-state index contributed by atoms with van der Waals surface area (Å²) in [6.07, 6.45) is 0. The molecular weight excluding hydrogens is 282 g/mol. The standard InChI is InChI=1S/C14H12ClNO4/c1-8(9-3-2-4-10(15)7-9)16-13(17)11-5-6-12(20-11)14(18)19/h2-8H,1H3,(H,16,17)(H,18,19). The van der Waals surface area contributed by atoms with E-state index in [-0.39, 0.29) is 17.6 Å². The molecule has 2 aromatic rings. The van der Waals surface area contributed by atoms with Gasteiger partial charge in [0.15, 0.2) is 5.76 Å². The molecule has 0 bridgehead atoms. The number of benzene rings is 1. The molecule has 0 radical (unpaired) electrons. The highest BCUT2D eigenvalue weighted by atomic mass is 35.5. The zero-order chi connectivity index (χ0) is 14.7. The Kier molecular flexibility index (Phi) is 4.10. The number of carboxylic acid groups (broad SMARTS) is 1. The first kappa shape index (κ1) is 14.1. The number of halogens is 1. The van der Waals surface area contributed by atoms with Crippen LogP contribution in [0, 0.1) is 0 Å². The smallest absolute Gasteiger partial charge is 0.371 e. The topological polar surface area (TPSA) is 79.5 Å². The van der Waals surface area contributed by atoms with Crippen LogP contribution in [0.2, 0.25) is 5.02 Å². The SMILES string of the molecule is CC(NC(=O)c1ccc(C(=O)O)o1)c1cccc(Cl)c1. The molecule has 6 heteroatoms. The quantitative estimate of drug-likeness (QED) is 0.907. The molecule has 1 aromatic carbocycles. The summed E-state index contributed by atoms with van der Waals surface area (Å²) in [5, 5.41) is 12.0. The number of carbonyl (C=O) groups is 2. The number of hydrogen-bond acceptors (Lipinski definition) is 3. The summed E-state index contributed by atoms with van der Waals surface area (Å²) < 4.78 is 4.93. The Bertz CT molecular complexity index is 650. The molecule has 0 saturated heterocycles. The Hall–Kier alpha value is -2.27. The third-order valence-corrected chi connectivity index (χ3v) is 2.97. The normalized spacial score (nSPS) is 11.9. The fourth-order valence-corrected chi connectivity index (χ4v) is 1.90. The van der Waals surface area contributed by atoms with Gasteiger partial charge in [-0.25, -0.2) is 4.79 Å². The van der Waals surface area contributed by atoms with E-state index < -0.39 is 11.9 Å². The van der Waals surface area contributed by atoms with Gasteiger partial charge in [-0.05, 0) is 36.8 Å². The van der Waals surface area contributed by atoms with Gasteiger partial charge in [0.25, 0.3) is 5.91 Å². The van der Waals surface area contributed by atoms with Crippen molar-refractivity contribution in [3.8, 4) is 0 Å². The van der Waals surface area contributed by atoms with E-state index in [2.05, 4.69) is 5.32 Å². The molecule has 0 aliphatic carbocycles. The van der Waals surface area contributed by atoms with Gasteiger partial charge in [-0.2, -0.15) is 0 Å². The number of furan rings is 1. The lowest BCUT2D eigenvalue weighted by molar-refractivity contribution is 0.0659. The fraction of sp³-hybridized carbons (Fsp3) is 0.143. The first-order valence-corrected chi connectivity index (χ1v) is 6.24. The number of hydrogen-bond donors (Lipinski definition) is 2. The zero-order valence-electron chi connectivity index (χ0n) is 10.6. The number of carboxylic acids is 1. The van der Waals surface area contributed by atoms with Crippen LogP contribution in [0.3, 0.4) is 0 Å². The van der Waals surface area contributed by atoms with Crippen LogP contribution >= 0.6 is 11.6 Å². The average Bonchev–Trinajstić information content (AvgIpc) is 2.88. The van der Waals surface area contributed by atoms with Crippen molar-refractivity contribution in [2.75, 3.05) is 0 Å². The maximum absolute atomic E-state index is 11.9. The lowest BCUT2D eigenvalue weighted by atomic mass is 10.1. The third kappa shape index (κ3) is 3.19. The van der Waals surface area contributed by atoms with E-state index in [9.17, 15) is 9.59 Å². The van der Waals surface area contributed by atoms with Gasteiger partial charge in [0.05, 0.1) is 6.04 Å².